The molecule has 1 N–H and O–H groups in total. The van der Waals surface area contributed by atoms with Crippen LogP contribution in [0.4, 0.5) is 0 Å². The Labute approximate surface area is 125 Å². The average molecular weight is 292 g/mol. The molecule has 0 radical (unpaired) electrons. The highest BCUT2D eigenvalue weighted by Gasteiger charge is 2.67. The Balaban J connectivity index is 2.01. The van der Waals surface area contributed by atoms with Gasteiger partial charge >= 0.3 is 0 Å². The van der Waals surface area contributed by atoms with Crippen molar-refractivity contribution in [1.29, 1.82) is 0 Å². The number of furan rings is 1. The summed E-state index contributed by atoms with van der Waals surface area (Å²) >= 11 is 6.05. The zero-order valence-electron chi connectivity index (χ0n) is 12.8. The van der Waals surface area contributed by atoms with Crippen molar-refractivity contribution >= 4 is 22.6 Å². The van der Waals surface area contributed by atoms with Crippen molar-refractivity contribution in [3.8, 4) is 0 Å². The second-order valence-corrected chi connectivity index (χ2v) is 7.45. The van der Waals surface area contributed by atoms with Gasteiger partial charge in [0, 0.05) is 10.4 Å². The van der Waals surface area contributed by atoms with E-state index in [1.165, 1.54) is 0 Å². The van der Waals surface area contributed by atoms with Crippen LogP contribution in [0, 0.1) is 16.7 Å². The van der Waals surface area contributed by atoms with Gasteiger partial charge in [-0.25, -0.2) is 0 Å². The van der Waals surface area contributed by atoms with Crippen LogP contribution in [0.3, 0.4) is 0 Å². The molecule has 0 saturated heterocycles. The molecule has 108 valence electrons. The normalized spacial score (nSPS) is 22.1. The van der Waals surface area contributed by atoms with Gasteiger partial charge in [0.15, 0.2) is 0 Å². The second-order valence-electron chi connectivity index (χ2n) is 7.02. The highest BCUT2D eigenvalue weighted by Crippen LogP contribution is 2.72. The van der Waals surface area contributed by atoms with Crippen molar-refractivity contribution in [3.05, 3.63) is 35.0 Å². The van der Waals surface area contributed by atoms with E-state index in [-0.39, 0.29) is 6.04 Å². The van der Waals surface area contributed by atoms with Crippen molar-refractivity contribution in [3.63, 3.8) is 0 Å². The van der Waals surface area contributed by atoms with E-state index in [1.54, 1.807) is 0 Å². The Morgan fingerprint density at radius 1 is 1.15 bits per heavy atom. The molecule has 1 heterocycles. The van der Waals surface area contributed by atoms with Crippen molar-refractivity contribution in [2.45, 2.75) is 33.7 Å². The molecule has 3 rings (SSSR count). The first-order valence-corrected chi connectivity index (χ1v) is 7.53. The number of nitrogens with one attached hydrogen (secondary N) is 1. The second kappa shape index (κ2) is 4.25. The third kappa shape index (κ3) is 1.82. The summed E-state index contributed by atoms with van der Waals surface area (Å²) < 4.78 is 6.04. The lowest BCUT2D eigenvalue weighted by Crippen LogP contribution is -2.20. The summed E-state index contributed by atoms with van der Waals surface area (Å²) in [7, 11) is 2.01. The van der Waals surface area contributed by atoms with Gasteiger partial charge in [-0.1, -0.05) is 39.3 Å². The minimum atomic E-state index is 0.242. The number of fused-ring (bicyclic) bond motifs is 1. The first-order chi connectivity index (χ1) is 9.29. The van der Waals surface area contributed by atoms with Crippen molar-refractivity contribution in [2.75, 3.05) is 7.05 Å². The Bertz CT molecular complexity index is 642. The molecule has 1 aliphatic carbocycles. The van der Waals surface area contributed by atoms with Crippen LogP contribution in [0.5, 0.6) is 0 Å². The molecule has 1 aromatic heterocycles. The zero-order valence-corrected chi connectivity index (χ0v) is 13.5. The summed E-state index contributed by atoms with van der Waals surface area (Å²) in [6, 6.07) is 8.13. The fourth-order valence-corrected chi connectivity index (χ4v) is 3.92. The van der Waals surface area contributed by atoms with Crippen LogP contribution in [-0.4, -0.2) is 7.05 Å². The van der Waals surface area contributed by atoms with Crippen molar-refractivity contribution in [2.24, 2.45) is 16.7 Å². The average Bonchev–Trinajstić information content (AvgIpc) is 2.70. The lowest BCUT2D eigenvalue weighted by molar-refractivity contribution is 0.370. The van der Waals surface area contributed by atoms with E-state index in [2.05, 4.69) is 39.1 Å². The quantitative estimate of drug-likeness (QED) is 0.858. The van der Waals surface area contributed by atoms with Crippen molar-refractivity contribution < 1.29 is 4.42 Å². The lowest BCUT2D eigenvalue weighted by atomic mass is 10.0. The lowest BCUT2D eigenvalue weighted by Gasteiger charge is -2.15. The minimum Gasteiger partial charge on any atom is -0.459 e. The molecule has 0 amide bonds. The maximum atomic E-state index is 6.05. The standard InChI is InChI=1S/C17H22ClNO/c1-16(2)15(17(16,3)4)14(19-5)13-9-10-8-11(18)6-7-12(10)20-13/h6-9,14-15,19H,1-5H3. The number of rotatable bonds is 3. The third-order valence-corrected chi connectivity index (χ3v) is 5.82. The topological polar surface area (TPSA) is 25.2 Å². The Morgan fingerprint density at radius 3 is 2.35 bits per heavy atom. The first-order valence-electron chi connectivity index (χ1n) is 7.15. The van der Waals surface area contributed by atoms with E-state index < -0.39 is 0 Å². The summed E-state index contributed by atoms with van der Waals surface area (Å²) in [6.07, 6.45) is 0. The van der Waals surface area contributed by atoms with Gasteiger partial charge in [0.2, 0.25) is 0 Å². The van der Waals surface area contributed by atoms with Crippen LogP contribution in [-0.2, 0) is 0 Å². The number of halogens is 1. The number of hydrogen-bond acceptors (Lipinski definition) is 2. The molecule has 3 heteroatoms. The Morgan fingerprint density at radius 2 is 1.80 bits per heavy atom. The van der Waals surface area contributed by atoms with Gasteiger partial charge in [-0.05, 0) is 48.1 Å². The smallest absolute Gasteiger partial charge is 0.134 e. The molecule has 2 aromatic rings. The summed E-state index contributed by atoms with van der Waals surface area (Å²) in [5, 5.41) is 5.26. The first kappa shape index (κ1) is 14.0. The van der Waals surface area contributed by atoms with Crippen LogP contribution in [0.1, 0.15) is 39.5 Å². The van der Waals surface area contributed by atoms with Gasteiger partial charge in [-0.2, -0.15) is 0 Å². The van der Waals surface area contributed by atoms with Crippen LogP contribution in [0.15, 0.2) is 28.7 Å². The monoisotopic (exact) mass is 291 g/mol. The highest BCUT2D eigenvalue weighted by atomic mass is 35.5. The van der Waals surface area contributed by atoms with E-state index in [9.17, 15) is 0 Å². The molecular weight excluding hydrogens is 270 g/mol. The highest BCUT2D eigenvalue weighted by molar-refractivity contribution is 6.31. The van der Waals surface area contributed by atoms with E-state index in [1.807, 2.05) is 25.2 Å². The summed E-state index contributed by atoms with van der Waals surface area (Å²) in [6.45, 7) is 9.34. The molecule has 20 heavy (non-hydrogen) atoms. The SMILES string of the molecule is CNC(c1cc2cc(Cl)ccc2o1)C1C(C)(C)C1(C)C. The predicted molar refractivity (Wildman–Crippen MR) is 84.1 cm³/mol. The molecular formula is C17H22ClNO. The van der Waals surface area contributed by atoms with Gasteiger partial charge in [-0.3, -0.25) is 0 Å². The van der Waals surface area contributed by atoms with E-state index >= 15 is 0 Å². The van der Waals surface area contributed by atoms with Gasteiger partial charge in [0.1, 0.15) is 11.3 Å². The number of hydrogen-bond donors (Lipinski definition) is 1. The van der Waals surface area contributed by atoms with Crippen molar-refractivity contribution in [1.82, 2.24) is 5.32 Å². The maximum Gasteiger partial charge on any atom is 0.134 e. The molecule has 1 saturated carbocycles. The zero-order chi connectivity index (χ0) is 14.7. The molecule has 0 bridgehead atoms. The molecule has 1 atom stereocenters. The molecule has 1 aliphatic rings. The Kier molecular flexibility index (Phi) is 2.97. The maximum absolute atomic E-state index is 6.05. The van der Waals surface area contributed by atoms with E-state index in [0.29, 0.717) is 16.7 Å². The molecule has 2 nitrogen and oxygen atoms in total. The largest absolute Gasteiger partial charge is 0.459 e. The van der Waals surface area contributed by atoms with Gasteiger partial charge in [0.05, 0.1) is 6.04 Å². The van der Waals surface area contributed by atoms with Gasteiger partial charge < -0.3 is 9.73 Å². The fraction of sp³-hybridized carbons (Fsp3) is 0.529. The van der Waals surface area contributed by atoms with Crippen LogP contribution in [0.25, 0.3) is 11.0 Å². The molecule has 0 spiro atoms. The molecule has 0 aliphatic heterocycles. The van der Waals surface area contributed by atoms with Gasteiger partial charge in [-0.15, -0.1) is 0 Å². The minimum absolute atomic E-state index is 0.242. The summed E-state index contributed by atoms with van der Waals surface area (Å²) in [5.41, 5.74) is 1.54. The fourth-order valence-electron chi connectivity index (χ4n) is 3.74. The summed E-state index contributed by atoms with van der Waals surface area (Å²) in [4.78, 5) is 0. The van der Waals surface area contributed by atoms with E-state index in [0.717, 1.165) is 21.8 Å². The van der Waals surface area contributed by atoms with Crippen LogP contribution in [0.2, 0.25) is 5.02 Å². The molecule has 1 aromatic carbocycles. The third-order valence-electron chi connectivity index (χ3n) is 5.58. The Hall–Kier alpha value is -0.990. The molecule has 1 unspecified atom stereocenters. The molecule has 1 fully saturated rings. The van der Waals surface area contributed by atoms with E-state index in [4.69, 9.17) is 16.0 Å². The number of benzene rings is 1. The van der Waals surface area contributed by atoms with Crippen LogP contribution < -0.4 is 5.32 Å². The van der Waals surface area contributed by atoms with Gasteiger partial charge in [0.25, 0.3) is 0 Å². The summed E-state index contributed by atoms with van der Waals surface area (Å²) in [5.74, 6) is 1.57. The van der Waals surface area contributed by atoms with Crippen LogP contribution >= 0.6 is 11.6 Å². The predicted octanol–water partition coefficient (Wildman–Crippen LogP) is 5.03.